The Balaban J connectivity index is 2.20. The first-order valence-corrected chi connectivity index (χ1v) is 8.40. The Morgan fingerprint density at radius 2 is 1.78 bits per heavy atom. The van der Waals surface area contributed by atoms with Crippen molar-refractivity contribution in [1.29, 1.82) is 0 Å². The van der Waals surface area contributed by atoms with Gasteiger partial charge >= 0.3 is 0 Å². The Morgan fingerprint density at radius 1 is 1.17 bits per heavy atom. The van der Waals surface area contributed by atoms with Crippen LogP contribution in [0.25, 0.3) is 0 Å². The van der Waals surface area contributed by atoms with Gasteiger partial charge in [-0.3, -0.25) is 4.18 Å². The van der Waals surface area contributed by atoms with E-state index in [9.17, 15) is 21.9 Å². The molecule has 0 aromatic heterocycles. The first-order valence-electron chi connectivity index (χ1n) is 5.17. The summed E-state index contributed by atoms with van der Waals surface area (Å²) in [6.07, 6.45) is -2.55. The minimum atomic E-state index is -4.05. The van der Waals surface area contributed by atoms with E-state index in [1.165, 1.54) is 24.3 Å². The molecule has 1 aromatic carbocycles. The summed E-state index contributed by atoms with van der Waals surface area (Å²) in [7, 11) is -7.49. The van der Waals surface area contributed by atoms with E-state index in [1.807, 2.05) is 0 Å². The van der Waals surface area contributed by atoms with Gasteiger partial charge in [-0.1, -0.05) is 18.2 Å². The number of aliphatic hydroxyl groups excluding tert-OH is 1. The van der Waals surface area contributed by atoms with E-state index in [-0.39, 0.29) is 4.90 Å². The van der Waals surface area contributed by atoms with Crippen LogP contribution in [0.15, 0.2) is 35.2 Å². The third kappa shape index (κ3) is 2.89. The van der Waals surface area contributed by atoms with Crippen LogP contribution in [0.5, 0.6) is 0 Å². The molecule has 1 saturated heterocycles. The minimum absolute atomic E-state index is 0.0681. The monoisotopic (exact) mass is 292 g/mol. The lowest BCUT2D eigenvalue weighted by molar-refractivity contribution is 0.0780. The van der Waals surface area contributed by atoms with Gasteiger partial charge in [0.05, 0.1) is 22.5 Å². The molecule has 1 aliphatic rings. The van der Waals surface area contributed by atoms with Gasteiger partial charge in [-0.2, -0.15) is 8.42 Å². The van der Waals surface area contributed by atoms with Crippen LogP contribution in [-0.2, 0) is 24.1 Å². The fraction of sp³-hybridized carbons (Fsp3) is 0.400. The van der Waals surface area contributed by atoms with Crippen molar-refractivity contribution in [3.05, 3.63) is 30.3 Å². The Morgan fingerprint density at radius 3 is 2.28 bits per heavy atom. The first kappa shape index (κ1) is 13.5. The Hall–Kier alpha value is -0.960. The molecule has 1 aromatic rings. The minimum Gasteiger partial charge on any atom is -0.389 e. The molecule has 1 heterocycles. The number of hydrogen-bond acceptors (Lipinski definition) is 6. The Kier molecular flexibility index (Phi) is 3.45. The molecule has 0 amide bonds. The molecule has 0 saturated carbocycles. The lowest BCUT2D eigenvalue weighted by Gasteiger charge is -2.13. The smallest absolute Gasteiger partial charge is 0.297 e. The normalized spacial score (nSPS) is 27.2. The standard InChI is InChI=1S/C10H12O6S2/c11-9-6-17(12,13)7-10(9)16-18(14,15)8-4-2-1-3-5-8/h1-5,9-11H,6-7H2/t9-,10+/m0/s1. The summed E-state index contributed by atoms with van der Waals surface area (Å²) in [6.45, 7) is 0. The van der Waals surface area contributed by atoms with Crippen molar-refractivity contribution in [2.45, 2.75) is 17.1 Å². The number of hydrogen-bond donors (Lipinski definition) is 1. The molecular formula is C10H12O6S2. The van der Waals surface area contributed by atoms with Crippen LogP contribution in [0.4, 0.5) is 0 Å². The number of rotatable bonds is 3. The predicted molar refractivity (Wildman–Crippen MR) is 63.2 cm³/mol. The topological polar surface area (TPSA) is 97.7 Å². The van der Waals surface area contributed by atoms with Crippen molar-refractivity contribution in [3.63, 3.8) is 0 Å². The second kappa shape index (κ2) is 4.61. The molecule has 0 aliphatic carbocycles. The molecule has 0 bridgehead atoms. The second-order valence-electron chi connectivity index (χ2n) is 4.05. The molecule has 2 atom stereocenters. The summed E-state index contributed by atoms with van der Waals surface area (Å²) in [5.41, 5.74) is 0. The van der Waals surface area contributed by atoms with Gasteiger partial charge in [0.1, 0.15) is 6.10 Å². The summed E-state index contributed by atoms with van der Waals surface area (Å²) in [6, 6.07) is 7.38. The molecular weight excluding hydrogens is 280 g/mol. The maximum Gasteiger partial charge on any atom is 0.297 e. The maximum atomic E-state index is 11.8. The van der Waals surface area contributed by atoms with Crippen LogP contribution in [0, 0.1) is 0 Å². The molecule has 8 heteroatoms. The van der Waals surface area contributed by atoms with Gasteiger partial charge in [-0.15, -0.1) is 0 Å². The molecule has 1 fully saturated rings. The molecule has 1 aliphatic heterocycles. The molecule has 1 N–H and O–H groups in total. The van der Waals surface area contributed by atoms with Crippen molar-refractivity contribution >= 4 is 20.0 Å². The van der Waals surface area contributed by atoms with Crippen molar-refractivity contribution in [2.24, 2.45) is 0 Å². The van der Waals surface area contributed by atoms with Crippen LogP contribution in [-0.4, -0.2) is 45.7 Å². The highest BCUT2D eigenvalue weighted by Gasteiger charge is 2.40. The van der Waals surface area contributed by atoms with Crippen molar-refractivity contribution in [3.8, 4) is 0 Å². The summed E-state index contributed by atoms with van der Waals surface area (Å²) in [5.74, 6) is -0.956. The highest BCUT2D eigenvalue weighted by atomic mass is 32.2. The van der Waals surface area contributed by atoms with Crippen molar-refractivity contribution < 1.29 is 26.1 Å². The van der Waals surface area contributed by atoms with Gasteiger partial charge in [-0.25, -0.2) is 8.42 Å². The van der Waals surface area contributed by atoms with Gasteiger partial charge in [0.25, 0.3) is 10.1 Å². The third-order valence-electron chi connectivity index (χ3n) is 2.55. The number of benzene rings is 1. The second-order valence-corrected chi connectivity index (χ2v) is 7.77. The summed E-state index contributed by atoms with van der Waals surface area (Å²) >= 11 is 0. The highest BCUT2D eigenvalue weighted by Crippen LogP contribution is 2.21. The van der Waals surface area contributed by atoms with Crippen LogP contribution >= 0.6 is 0 Å². The highest BCUT2D eigenvalue weighted by molar-refractivity contribution is 7.91. The first-order chi connectivity index (χ1) is 8.30. The molecule has 18 heavy (non-hydrogen) atoms. The van der Waals surface area contributed by atoms with E-state index >= 15 is 0 Å². The van der Waals surface area contributed by atoms with E-state index < -0.39 is 43.7 Å². The number of aliphatic hydroxyl groups is 1. The molecule has 0 unspecified atom stereocenters. The summed E-state index contributed by atoms with van der Waals surface area (Å²) < 4.78 is 50.9. The molecule has 6 nitrogen and oxygen atoms in total. The van der Waals surface area contributed by atoms with Gasteiger partial charge in [-0.05, 0) is 12.1 Å². The Bertz CT molecular complexity index is 620. The van der Waals surface area contributed by atoms with Crippen LogP contribution in [0.1, 0.15) is 0 Å². The quantitative estimate of drug-likeness (QED) is 0.758. The lowest BCUT2D eigenvalue weighted by atomic mass is 10.3. The van der Waals surface area contributed by atoms with Crippen LogP contribution in [0.2, 0.25) is 0 Å². The van der Waals surface area contributed by atoms with E-state index in [2.05, 4.69) is 0 Å². The molecule has 2 rings (SSSR count). The van der Waals surface area contributed by atoms with E-state index in [1.54, 1.807) is 6.07 Å². The third-order valence-corrected chi connectivity index (χ3v) is 5.59. The maximum absolute atomic E-state index is 11.8. The van der Waals surface area contributed by atoms with Gasteiger partial charge in [0, 0.05) is 0 Å². The Labute approximate surface area is 105 Å². The fourth-order valence-electron chi connectivity index (χ4n) is 1.69. The van der Waals surface area contributed by atoms with Gasteiger partial charge in [0.15, 0.2) is 9.84 Å². The van der Waals surface area contributed by atoms with Gasteiger partial charge in [0.2, 0.25) is 0 Å². The van der Waals surface area contributed by atoms with Crippen molar-refractivity contribution in [2.75, 3.05) is 11.5 Å². The van der Waals surface area contributed by atoms with Crippen molar-refractivity contribution in [1.82, 2.24) is 0 Å². The fourth-order valence-corrected chi connectivity index (χ4v) is 4.57. The molecule has 100 valence electrons. The largest absolute Gasteiger partial charge is 0.389 e. The zero-order valence-electron chi connectivity index (χ0n) is 9.26. The average Bonchev–Trinajstić information content (AvgIpc) is 2.52. The lowest BCUT2D eigenvalue weighted by Crippen LogP contribution is -2.29. The number of sulfone groups is 1. The molecule has 0 radical (unpaired) electrons. The SMILES string of the molecule is O=S1(=O)C[C@H](O)[C@H](OS(=O)(=O)c2ccccc2)C1. The van der Waals surface area contributed by atoms with E-state index in [0.717, 1.165) is 0 Å². The summed E-state index contributed by atoms with van der Waals surface area (Å²) in [5, 5.41) is 9.47. The predicted octanol–water partition coefficient (Wildman–Crippen LogP) is -0.450. The average molecular weight is 292 g/mol. The van der Waals surface area contributed by atoms with Crippen LogP contribution in [0.3, 0.4) is 0 Å². The van der Waals surface area contributed by atoms with Gasteiger partial charge < -0.3 is 5.11 Å². The van der Waals surface area contributed by atoms with E-state index in [4.69, 9.17) is 4.18 Å². The molecule has 0 spiro atoms. The van der Waals surface area contributed by atoms with E-state index in [0.29, 0.717) is 0 Å². The zero-order chi connectivity index (χ0) is 13.4. The van der Waals surface area contributed by atoms with Crippen LogP contribution < -0.4 is 0 Å². The zero-order valence-corrected chi connectivity index (χ0v) is 10.9. The summed E-state index contributed by atoms with van der Waals surface area (Å²) in [4.78, 5) is -0.0681.